The summed E-state index contributed by atoms with van der Waals surface area (Å²) in [5, 5.41) is 2.71. The van der Waals surface area contributed by atoms with Gasteiger partial charge in [-0.2, -0.15) is 0 Å². The highest BCUT2D eigenvalue weighted by Crippen LogP contribution is 2.32. The number of fused-ring (bicyclic) bond motifs is 1. The Kier molecular flexibility index (Phi) is 3.62. The van der Waals surface area contributed by atoms with Gasteiger partial charge in [-0.3, -0.25) is 4.79 Å². The molecular weight excluding hydrogens is 282 g/mol. The van der Waals surface area contributed by atoms with Gasteiger partial charge in [0.2, 0.25) is 0 Å². The minimum atomic E-state index is -0.470. The lowest BCUT2D eigenvalue weighted by Gasteiger charge is -2.20. The number of rotatable bonds is 2. The van der Waals surface area contributed by atoms with Gasteiger partial charge in [0.05, 0.1) is 18.4 Å². The second-order valence-electron chi connectivity index (χ2n) is 4.68. The minimum absolute atomic E-state index is 0.199. The van der Waals surface area contributed by atoms with Gasteiger partial charge in [-0.1, -0.05) is 30.3 Å². The molecule has 0 radical (unpaired) electrons. The molecule has 22 heavy (non-hydrogen) atoms. The Hall–Kier alpha value is -3.08. The van der Waals surface area contributed by atoms with Gasteiger partial charge < -0.3 is 14.8 Å². The Labute approximate surface area is 127 Å². The van der Waals surface area contributed by atoms with Crippen LogP contribution in [0.25, 0.3) is 6.08 Å². The molecule has 2 aromatic rings. The molecule has 0 aromatic heterocycles. The number of hydrogen-bond donors (Lipinski definition) is 1. The van der Waals surface area contributed by atoms with Crippen LogP contribution in [0.15, 0.2) is 54.3 Å². The van der Waals surface area contributed by atoms with Crippen molar-refractivity contribution in [3.05, 3.63) is 65.4 Å². The zero-order valence-electron chi connectivity index (χ0n) is 11.8. The van der Waals surface area contributed by atoms with Gasteiger partial charge in [-0.25, -0.2) is 4.79 Å². The van der Waals surface area contributed by atoms with E-state index in [0.29, 0.717) is 17.0 Å². The first-order chi connectivity index (χ1) is 10.7. The molecule has 0 fully saturated rings. The predicted molar refractivity (Wildman–Crippen MR) is 81.5 cm³/mol. The van der Waals surface area contributed by atoms with E-state index in [9.17, 15) is 9.59 Å². The van der Waals surface area contributed by atoms with Gasteiger partial charge in [0.1, 0.15) is 0 Å². The van der Waals surface area contributed by atoms with E-state index >= 15 is 0 Å². The summed E-state index contributed by atoms with van der Waals surface area (Å²) in [6, 6.07) is 14.1. The molecular formula is C17H13NO4. The number of carbonyl (C=O) groups is 2. The number of esters is 1. The third-order valence-electron chi connectivity index (χ3n) is 3.19. The van der Waals surface area contributed by atoms with Crippen molar-refractivity contribution in [2.45, 2.75) is 0 Å². The standard InChI is InChI=1S/C17H13NO4/c1-21-17(20)12-7-8-14-13(10-12)18-16(19)15(22-14)9-11-5-3-2-4-6-11/h2-10H,1H3,(H,18,19)/b15-9+. The molecule has 1 aliphatic rings. The number of benzene rings is 2. The number of nitrogens with one attached hydrogen (secondary N) is 1. The van der Waals surface area contributed by atoms with Crippen LogP contribution >= 0.6 is 0 Å². The van der Waals surface area contributed by atoms with E-state index in [1.165, 1.54) is 13.2 Å². The van der Waals surface area contributed by atoms with Gasteiger partial charge in [0.15, 0.2) is 11.5 Å². The van der Waals surface area contributed by atoms with Crippen molar-refractivity contribution >= 4 is 23.6 Å². The van der Waals surface area contributed by atoms with Crippen LogP contribution in [0.1, 0.15) is 15.9 Å². The summed E-state index contributed by atoms with van der Waals surface area (Å²) in [5.41, 5.74) is 1.65. The van der Waals surface area contributed by atoms with Crippen molar-refractivity contribution in [1.29, 1.82) is 0 Å². The van der Waals surface area contributed by atoms with Crippen LogP contribution in [0, 0.1) is 0 Å². The predicted octanol–water partition coefficient (Wildman–Crippen LogP) is 2.85. The second-order valence-corrected chi connectivity index (χ2v) is 4.68. The Morgan fingerprint density at radius 3 is 2.68 bits per heavy atom. The Morgan fingerprint density at radius 2 is 1.95 bits per heavy atom. The van der Waals surface area contributed by atoms with Crippen molar-refractivity contribution in [2.75, 3.05) is 12.4 Å². The molecule has 0 saturated carbocycles. The number of hydrogen-bond acceptors (Lipinski definition) is 4. The first kappa shape index (κ1) is 13.9. The second kappa shape index (κ2) is 5.73. The largest absolute Gasteiger partial charge is 0.465 e. The first-order valence-corrected chi connectivity index (χ1v) is 6.65. The topological polar surface area (TPSA) is 64.6 Å². The van der Waals surface area contributed by atoms with Crippen LogP contribution in [0.4, 0.5) is 5.69 Å². The molecule has 1 amide bonds. The zero-order valence-corrected chi connectivity index (χ0v) is 11.8. The van der Waals surface area contributed by atoms with Crippen LogP contribution < -0.4 is 10.1 Å². The maximum Gasteiger partial charge on any atom is 0.337 e. The fourth-order valence-corrected chi connectivity index (χ4v) is 2.11. The van der Waals surface area contributed by atoms with Crippen LogP contribution in [-0.4, -0.2) is 19.0 Å². The Morgan fingerprint density at radius 1 is 1.18 bits per heavy atom. The highest BCUT2D eigenvalue weighted by Gasteiger charge is 2.23. The molecule has 5 nitrogen and oxygen atoms in total. The van der Waals surface area contributed by atoms with E-state index in [1.807, 2.05) is 30.3 Å². The van der Waals surface area contributed by atoms with E-state index in [2.05, 4.69) is 10.1 Å². The fraction of sp³-hybridized carbons (Fsp3) is 0.0588. The van der Waals surface area contributed by atoms with E-state index < -0.39 is 5.97 Å². The maximum atomic E-state index is 12.1. The molecule has 2 aromatic carbocycles. The number of anilines is 1. The van der Waals surface area contributed by atoms with Crippen LogP contribution in [0.3, 0.4) is 0 Å². The summed E-state index contributed by atoms with van der Waals surface area (Å²) in [4.78, 5) is 23.6. The van der Waals surface area contributed by atoms with Gasteiger partial charge in [-0.05, 0) is 29.8 Å². The highest BCUT2D eigenvalue weighted by atomic mass is 16.5. The lowest BCUT2D eigenvalue weighted by atomic mass is 10.1. The normalized spacial score (nSPS) is 14.8. The SMILES string of the molecule is COC(=O)c1ccc2c(c1)NC(=O)/C(=C\c1ccccc1)O2. The Bertz CT molecular complexity index is 765. The summed E-state index contributed by atoms with van der Waals surface area (Å²) in [6.45, 7) is 0. The van der Waals surface area contributed by atoms with E-state index in [-0.39, 0.29) is 11.7 Å². The molecule has 0 saturated heterocycles. The van der Waals surface area contributed by atoms with Crippen molar-refractivity contribution in [2.24, 2.45) is 0 Å². The fourth-order valence-electron chi connectivity index (χ4n) is 2.11. The molecule has 1 heterocycles. The lowest BCUT2D eigenvalue weighted by molar-refractivity contribution is -0.115. The molecule has 5 heteroatoms. The maximum absolute atomic E-state index is 12.1. The number of methoxy groups -OCH3 is 1. The van der Waals surface area contributed by atoms with E-state index in [4.69, 9.17) is 4.74 Å². The third-order valence-corrected chi connectivity index (χ3v) is 3.19. The number of amides is 1. The van der Waals surface area contributed by atoms with Gasteiger partial charge >= 0.3 is 5.97 Å². The van der Waals surface area contributed by atoms with Crippen molar-refractivity contribution in [1.82, 2.24) is 0 Å². The van der Waals surface area contributed by atoms with Crippen molar-refractivity contribution in [3.63, 3.8) is 0 Å². The zero-order chi connectivity index (χ0) is 15.5. The van der Waals surface area contributed by atoms with Crippen LogP contribution in [0.2, 0.25) is 0 Å². The lowest BCUT2D eigenvalue weighted by Crippen LogP contribution is -2.23. The summed E-state index contributed by atoms with van der Waals surface area (Å²) >= 11 is 0. The monoisotopic (exact) mass is 295 g/mol. The average Bonchev–Trinajstić information content (AvgIpc) is 2.55. The molecule has 110 valence electrons. The van der Waals surface area contributed by atoms with Crippen LogP contribution in [-0.2, 0) is 9.53 Å². The quantitative estimate of drug-likeness (QED) is 0.683. The Balaban J connectivity index is 1.92. The molecule has 0 atom stereocenters. The molecule has 3 rings (SSSR count). The van der Waals surface area contributed by atoms with Crippen molar-refractivity contribution < 1.29 is 19.1 Å². The summed E-state index contributed by atoms with van der Waals surface area (Å²) in [7, 11) is 1.30. The number of carbonyl (C=O) groups excluding carboxylic acids is 2. The third kappa shape index (κ3) is 2.69. The molecule has 0 spiro atoms. The molecule has 1 aliphatic heterocycles. The van der Waals surface area contributed by atoms with Gasteiger partial charge in [-0.15, -0.1) is 0 Å². The highest BCUT2D eigenvalue weighted by molar-refractivity contribution is 6.08. The van der Waals surface area contributed by atoms with E-state index in [1.54, 1.807) is 18.2 Å². The minimum Gasteiger partial charge on any atom is -0.465 e. The molecule has 0 bridgehead atoms. The summed E-state index contributed by atoms with van der Waals surface area (Å²) in [6.07, 6.45) is 1.66. The molecule has 0 unspecified atom stereocenters. The number of ether oxygens (including phenoxy) is 2. The summed E-state index contributed by atoms with van der Waals surface area (Å²) in [5.74, 6) is -0.153. The smallest absolute Gasteiger partial charge is 0.337 e. The van der Waals surface area contributed by atoms with E-state index in [0.717, 1.165) is 5.56 Å². The average molecular weight is 295 g/mol. The van der Waals surface area contributed by atoms with Crippen molar-refractivity contribution in [3.8, 4) is 5.75 Å². The summed E-state index contributed by atoms with van der Waals surface area (Å²) < 4.78 is 10.3. The van der Waals surface area contributed by atoms with Crippen LogP contribution in [0.5, 0.6) is 5.75 Å². The molecule has 0 aliphatic carbocycles. The first-order valence-electron chi connectivity index (χ1n) is 6.65. The van der Waals surface area contributed by atoms with Gasteiger partial charge in [0, 0.05) is 0 Å². The molecule has 1 N–H and O–H groups in total. The van der Waals surface area contributed by atoms with Gasteiger partial charge in [0.25, 0.3) is 5.91 Å².